The van der Waals surface area contributed by atoms with E-state index in [2.05, 4.69) is 5.32 Å². The molecular weight excluding hydrogens is 185 g/mol. The van der Waals surface area contributed by atoms with Crippen molar-refractivity contribution < 1.29 is 4.39 Å². The van der Waals surface area contributed by atoms with E-state index in [1.54, 1.807) is 6.07 Å². The predicted molar refractivity (Wildman–Crippen MR) is 55.8 cm³/mol. The van der Waals surface area contributed by atoms with Gasteiger partial charge in [0.2, 0.25) is 0 Å². The number of thioether (sulfide) groups is 1. The van der Waals surface area contributed by atoms with Crippen molar-refractivity contribution in [2.75, 3.05) is 19.8 Å². The molecule has 0 fully saturated rings. The number of hydrogen-bond acceptors (Lipinski definition) is 2. The van der Waals surface area contributed by atoms with Gasteiger partial charge in [-0.05, 0) is 44.0 Å². The van der Waals surface area contributed by atoms with Crippen LogP contribution in [0.5, 0.6) is 0 Å². The smallest absolute Gasteiger partial charge is 0.137 e. The number of likely N-dealkylation sites (N-methyl/N-ethyl adjacent to an activating group) is 1. The number of nitrogens with one attached hydrogen (secondary N) is 1. The molecule has 0 atom stereocenters. The number of benzene rings is 1. The first-order valence-electron chi connectivity index (χ1n) is 4.25. The van der Waals surface area contributed by atoms with Crippen molar-refractivity contribution in [3.8, 4) is 0 Å². The van der Waals surface area contributed by atoms with Crippen molar-refractivity contribution in [2.24, 2.45) is 0 Å². The van der Waals surface area contributed by atoms with Crippen molar-refractivity contribution in [2.45, 2.75) is 11.3 Å². The predicted octanol–water partition coefficient (Wildman–Crippen LogP) is 2.31. The zero-order valence-electron chi connectivity index (χ0n) is 7.93. The van der Waals surface area contributed by atoms with Gasteiger partial charge in [0.1, 0.15) is 5.82 Å². The van der Waals surface area contributed by atoms with Gasteiger partial charge >= 0.3 is 0 Å². The van der Waals surface area contributed by atoms with Crippen molar-refractivity contribution in [1.82, 2.24) is 5.32 Å². The molecule has 3 heteroatoms. The molecular formula is C10H14FNS. The van der Waals surface area contributed by atoms with E-state index >= 15 is 0 Å². The fourth-order valence-electron chi connectivity index (χ4n) is 1.13. The van der Waals surface area contributed by atoms with Gasteiger partial charge in [0.05, 0.1) is 0 Å². The lowest BCUT2D eigenvalue weighted by atomic mass is 10.1. The molecule has 72 valence electrons. The van der Waals surface area contributed by atoms with E-state index < -0.39 is 0 Å². The summed E-state index contributed by atoms with van der Waals surface area (Å²) in [6, 6.07) is 5.43. The normalized spacial score (nSPS) is 10.4. The van der Waals surface area contributed by atoms with Crippen molar-refractivity contribution in [3.63, 3.8) is 0 Å². The molecule has 1 rings (SSSR count). The van der Waals surface area contributed by atoms with Crippen LogP contribution in [0.15, 0.2) is 23.1 Å². The largest absolute Gasteiger partial charge is 0.319 e. The third-order valence-corrected chi connectivity index (χ3v) is 2.65. The standard InChI is InChI=1S/C10H14FNS/c1-12-6-5-8-3-4-10(13-2)9(11)7-8/h3-4,7,12H,5-6H2,1-2H3. The molecule has 0 aliphatic rings. The molecule has 1 aromatic carbocycles. The summed E-state index contributed by atoms with van der Waals surface area (Å²) in [6.45, 7) is 0.887. The molecule has 0 bridgehead atoms. The van der Waals surface area contributed by atoms with Gasteiger partial charge in [0.25, 0.3) is 0 Å². The average molecular weight is 199 g/mol. The summed E-state index contributed by atoms with van der Waals surface area (Å²) in [5.74, 6) is -0.110. The molecule has 1 N–H and O–H groups in total. The molecule has 0 aromatic heterocycles. The van der Waals surface area contributed by atoms with Gasteiger partial charge in [-0.3, -0.25) is 0 Å². The quantitative estimate of drug-likeness (QED) is 0.747. The average Bonchev–Trinajstić information content (AvgIpc) is 2.15. The Morgan fingerprint density at radius 3 is 2.77 bits per heavy atom. The molecule has 0 heterocycles. The van der Waals surface area contributed by atoms with Crippen LogP contribution in [0, 0.1) is 5.82 Å². The second-order valence-corrected chi connectivity index (χ2v) is 3.67. The summed E-state index contributed by atoms with van der Waals surface area (Å²) in [5.41, 5.74) is 1.05. The second kappa shape index (κ2) is 5.25. The van der Waals surface area contributed by atoms with Gasteiger partial charge in [0.15, 0.2) is 0 Å². The van der Waals surface area contributed by atoms with E-state index in [1.165, 1.54) is 11.8 Å². The third-order valence-electron chi connectivity index (χ3n) is 1.88. The molecule has 13 heavy (non-hydrogen) atoms. The number of hydrogen-bond donors (Lipinski definition) is 1. The molecule has 1 aromatic rings. The van der Waals surface area contributed by atoms with E-state index in [4.69, 9.17) is 0 Å². The van der Waals surface area contributed by atoms with Gasteiger partial charge in [0, 0.05) is 4.90 Å². The molecule has 0 aliphatic heterocycles. The fraction of sp³-hybridized carbons (Fsp3) is 0.400. The van der Waals surface area contributed by atoms with Crippen molar-refractivity contribution in [1.29, 1.82) is 0 Å². The Kier molecular flexibility index (Phi) is 4.25. The summed E-state index contributed by atoms with van der Waals surface area (Å²) in [7, 11) is 1.90. The van der Waals surface area contributed by atoms with E-state index in [1.807, 2.05) is 25.4 Å². The van der Waals surface area contributed by atoms with Crippen LogP contribution in [-0.4, -0.2) is 19.8 Å². The monoisotopic (exact) mass is 199 g/mol. The molecule has 0 aliphatic carbocycles. The summed E-state index contributed by atoms with van der Waals surface area (Å²) in [4.78, 5) is 0.716. The summed E-state index contributed by atoms with van der Waals surface area (Å²) >= 11 is 1.44. The highest BCUT2D eigenvalue weighted by Gasteiger charge is 2.01. The maximum Gasteiger partial charge on any atom is 0.137 e. The Labute approximate surface area is 82.7 Å². The molecule has 1 nitrogen and oxygen atoms in total. The van der Waals surface area contributed by atoms with Gasteiger partial charge in [-0.25, -0.2) is 4.39 Å². The van der Waals surface area contributed by atoms with E-state index in [-0.39, 0.29) is 5.82 Å². The second-order valence-electron chi connectivity index (χ2n) is 2.82. The third kappa shape index (κ3) is 3.01. The Balaban J connectivity index is 2.71. The first-order chi connectivity index (χ1) is 6.27. The maximum absolute atomic E-state index is 13.2. The van der Waals surface area contributed by atoms with Crippen LogP contribution in [0.2, 0.25) is 0 Å². The number of halogens is 1. The first-order valence-corrected chi connectivity index (χ1v) is 5.47. The fourth-order valence-corrected chi connectivity index (χ4v) is 1.59. The molecule has 0 saturated heterocycles. The zero-order valence-corrected chi connectivity index (χ0v) is 8.75. The van der Waals surface area contributed by atoms with Crippen LogP contribution in [0.3, 0.4) is 0 Å². The minimum atomic E-state index is -0.110. The zero-order chi connectivity index (χ0) is 9.68. The first kappa shape index (κ1) is 10.5. The van der Waals surface area contributed by atoms with Crippen LogP contribution in [0.1, 0.15) is 5.56 Å². The Morgan fingerprint density at radius 2 is 2.23 bits per heavy atom. The molecule has 0 amide bonds. The SMILES string of the molecule is CNCCc1ccc(SC)c(F)c1. The van der Waals surface area contributed by atoms with Crippen LogP contribution < -0.4 is 5.32 Å². The lowest BCUT2D eigenvalue weighted by Gasteiger charge is -2.03. The summed E-state index contributed by atoms with van der Waals surface area (Å²) < 4.78 is 13.2. The minimum absolute atomic E-state index is 0.110. The lowest BCUT2D eigenvalue weighted by molar-refractivity contribution is 0.599. The topological polar surface area (TPSA) is 12.0 Å². The van der Waals surface area contributed by atoms with Crippen molar-refractivity contribution in [3.05, 3.63) is 29.6 Å². The van der Waals surface area contributed by atoms with E-state index in [0.717, 1.165) is 18.5 Å². The summed E-state index contributed by atoms with van der Waals surface area (Å²) in [6.07, 6.45) is 2.76. The molecule has 0 spiro atoms. The molecule has 0 saturated carbocycles. The Hall–Kier alpha value is -0.540. The molecule has 0 unspecified atom stereocenters. The molecule has 0 radical (unpaired) electrons. The minimum Gasteiger partial charge on any atom is -0.319 e. The Morgan fingerprint density at radius 1 is 1.46 bits per heavy atom. The van der Waals surface area contributed by atoms with Crippen LogP contribution in [0.25, 0.3) is 0 Å². The maximum atomic E-state index is 13.2. The van der Waals surface area contributed by atoms with Crippen LogP contribution >= 0.6 is 11.8 Å². The van der Waals surface area contributed by atoms with Gasteiger partial charge in [-0.2, -0.15) is 0 Å². The van der Waals surface area contributed by atoms with Crippen LogP contribution in [-0.2, 0) is 6.42 Å². The van der Waals surface area contributed by atoms with Gasteiger partial charge < -0.3 is 5.32 Å². The highest BCUT2D eigenvalue weighted by molar-refractivity contribution is 7.98. The van der Waals surface area contributed by atoms with Gasteiger partial charge in [-0.15, -0.1) is 11.8 Å². The van der Waals surface area contributed by atoms with Gasteiger partial charge in [-0.1, -0.05) is 6.07 Å². The van der Waals surface area contributed by atoms with E-state index in [0.29, 0.717) is 4.90 Å². The number of rotatable bonds is 4. The van der Waals surface area contributed by atoms with E-state index in [9.17, 15) is 4.39 Å². The highest BCUT2D eigenvalue weighted by atomic mass is 32.2. The highest BCUT2D eigenvalue weighted by Crippen LogP contribution is 2.19. The summed E-state index contributed by atoms with van der Waals surface area (Å²) in [5, 5.41) is 3.04. The van der Waals surface area contributed by atoms with Crippen molar-refractivity contribution >= 4 is 11.8 Å². The Bertz CT molecular complexity index is 276. The van der Waals surface area contributed by atoms with Crippen LogP contribution in [0.4, 0.5) is 4.39 Å². The lowest BCUT2D eigenvalue weighted by Crippen LogP contribution is -2.10.